The first kappa shape index (κ1) is 8.95. The van der Waals surface area contributed by atoms with Gasteiger partial charge in [-0.3, -0.25) is 4.79 Å². The van der Waals surface area contributed by atoms with Crippen LogP contribution in [0, 0.1) is 17.8 Å². The Labute approximate surface area is 78.6 Å². The van der Waals surface area contributed by atoms with E-state index in [-0.39, 0.29) is 11.7 Å². The molecule has 13 heavy (non-hydrogen) atoms. The lowest BCUT2D eigenvalue weighted by atomic mass is 9.67. The van der Waals surface area contributed by atoms with Crippen LogP contribution in [0.3, 0.4) is 0 Å². The fourth-order valence-electron chi connectivity index (χ4n) is 2.64. The van der Waals surface area contributed by atoms with Crippen LogP contribution in [-0.2, 0) is 4.79 Å². The van der Waals surface area contributed by atoms with Crippen molar-refractivity contribution in [2.24, 2.45) is 17.8 Å². The Bertz CT molecular complexity index is 244. The Hall–Kier alpha value is -0.630. The van der Waals surface area contributed by atoms with Crippen LogP contribution >= 0.6 is 0 Å². The van der Waals surface area contributed by atoms with Gasteiger partial charge in [-0.15, -0.1) is 0 Å². The Morgan fingerprint density at radius 3 is 3.00 bits per heavy atom. The van der Waals surface area contributed by atoms with Crippen molar-refractivity contribution in [3.8, 4) is 0 Å². The van der Waals surface area contributed by atoms with E-state index >= 15 is 0 Å². The highest BCUT2D eigenvalue weighted by molar-refractivity contribution is 5.86. The van der Waals surface area contributed by atoms with Crippen LogP contribution in [0.4, 0.5) is 0 Å². The molecule has 0 aromatic rings. The first-order chi connectivity index (χ1) is 6.20. The average Bonchev–Trinajstić information content (AvgIpc) is 2.12. The fraction of sp³-hybridized carbons (Fsp3) is 0.727. The highest BCUT2D eigenvalue weighted by Gasteiger charge is 2.40. The smallest absolute Gasteiger partial charge is 0.165 e. The van der Waals surface area contributed by atoms with Crippen molar-refractivity contribution in [2.75, 3.05) is 0 Å². The number of carbonyl (C=O) groups excluding carboxylic acids is 1. The first-order valence-electron chi connectivity index (χ1n) is 5.08. The van der Waals surface area contributed by atoms with Crippen LogP contribution in [0.25, 0.3) is 0 Å². The molecule has 72 valence electrons. The van der Waals surface area contributed by atoms with E-state index < -0.39 is 6.10 Å². The second-order valence-corrected chi connectivity index (χ2v) is 4.33. The number of carbonyl (C=O) groups is 1. The molecule has 2 aliphatic carbocycles. The zero-order chi connectivity index (χ0) is 9.42. The van der Waals surface area contributed by atoms with Gasteiger partial charge in [-0.1, -0.05) is 19.1 Å². The average molecular weight is 180 g/mol. The summed E-state index contributed by atoms with van der Waals surface area (Å²) >= 11 is 0. The summed E-state index contributed by atoms with van der Waals surface area (Å²) in [5.41, 5.74) is 0. The maximum atomic E-state index is 11.7. The minimum atomic E-state index is -0.685. The van der Waals surface area contributed by atoms with E-state index in [1.165, 1.54) is 0 Å². The van der Waals surface area contributed by atoms with Gasteiger partial charge in [0, 0.05) is 5.92 Å². The second-order valence-electron chi connectivity index (χ2n) is 4.33. The van der Waals surface area contributed by atoms with Gasteiger partial charge in [-0.25, -0.2) is 0 Å². The van der Waals surface area contributed by atoms with E-state index in [0.29, 0.717) is 18.3 Å². The topological polar surface area (TPSA) is 37.3 Å². The van der Waals surface area contributed by atoms with Crippen molar-refractivity contribution in [2.45, 2.75) is 32.3 Å². The quantitative estimate of drug-likeness (QED) is 0.574. The van der Waals surface area contributed by atoms with Crippen LogP contribution in [0.2, 0.25) is 0 Å². The van der Waals surface area contributed by atoms with Crippen LogP contribution in [-0.4, -0.2) is 17.0 Å². The molecule has 2 rings (SSSR count). The predicted octanol–water partition coefficient (Wildman–Crippen LogP) is 1.54. The van der Waals surface area contributed by atoms with Crippen LogP contribution in [0.5, 0.6) is 0 Å². The lowest BCUT2D eigenvalue weighted by Gasteiger charge is -2.37. The van der Waals surface area contributed by atoms with E-state index in [1.54, 1.807) is 0 Å². The van der Waals surface area contributed by atoms with Gasteiger partial charge in [-0.2, -0.15) is 0 Å². The molecule has 1 N–H and O–H groups in total. The van der Waals surface area contributed by atoms with Crippen molar-refractivity contribution in [3.05, 3.63) is 12.2 Å². The number of aliphatic hydroxyl groups is 1. The number of hydrogen-bond donors (Lipinski definition) is 1. The highest BCUT2D eigenvalue weighted by Crippen LogP contribution is 2.38. The summed E-state index contributed by atoms with van der Waals surface area (Å²) in [6, 6.07) is 0. The van der Waals surface area contributed by atoms with E-state index in [4.69, 9.17) is 0 Å². The molecule has 0 aromatic carbocycles. The fourth-order valence-corrected chi connectivity index (χ4v) is 2.64. The van der Waals surface area contributed by atoms with Gasteiger partial charge in [0.1, 0.15) is 6.10 Å². The van der Waals surface area contributed by atoms with Crippen LogP contribution < -0.4 is 0 Å². The van der Waals surface area contributed by atoms with Crippen molar-refractivity contribution in [3.63, 3.8) is 0 Å². The number of allylic oxidation sites excluding steroid dienone is 2. The van der Waals surface area contributed by atoms with Gasteiger partial charge in [0.25, 0.3) is 0 Å². The number of hydrogen-bond acceptors (Lipinski definition) is 2. The molecule has 0 unspecified atom stereocenters. The van der Waals surface area contributed by atoms with Gasteiger partial charge < -0.3 is 5.11 Å². The Balaban J connectivity index is 2.22. The van der Waals surface area contributed by atoms with E-state index in [1.807, 2.05) is 0 Å². The number of aliphatic hydroxyl groups excluding tert-OH is 1. The maximum absolute atomic E-state index is 11.7. The van der Waals surface area contributed by atoms with Gasteiger partial charge in [0.05, 0.1) is 0 Å². The molecule has 0 spiro atoms. The molecule has 2 aliphatic rings. The summed E-state index contributed by atoms with van der Waals surface area (Å²) < 4.78 is 0. The van der Waals surface area contributed by atoms with Gasteiger partial charge in [0.15, 0.2) is 5.78 Å². The third kappa shape index (κ3) is 1.44. The molecule has 1 saturated carbocycles. The first-order valence-corrected chi connectivity index (χ1v) is 5.08. The van der Waals surface area contributed by atoms with Crippen molar-refractivity contribution in [1.82, 2.24) is 0 Å². The summed E-state index contributed by atoms with van der Waals surface area (Å²) in [5, 5.41) is 9.46. The summed E-state index contributed by atoms with van der Waals surface area (Å²) in [5.74, 6) is 0.985. The maximum Gasteiger partial charge on any atom is 0.165 e. The third-order valence-electron chi connectivity index (χ3n) is 3.40. The highest BCUT2D eigenvalue weighted by atomic mass is 16.3. The molecule has 0 amide bonds. The van der Waals surface area contributed by atoms with Gasteiger partial charge in [-0.05, 0) is 31.1 Å². The molecular weight excluding hydrogens is 164 g/mol. The van der Waals surface area contributed by atoms with E-state index in [0.717, 1.165) is 12.8 Å². The summed E-state index contributed by atoms with van der Waals surface area (Å²) in [6.07, 6.45) is 6.26. The number of Topliss-reactive ketones (excluding diaryl/α,β-unsaturated/α-hetero) is 1. The molecule has 0 aliphatic heterocycles. The Kier molecular flexibility index (Phi) is 2.24. The van der Waals surface area contributed by atoms with E-state index in [2.05, 4.69) is 19.1 Å². The number of ketones is 1. The molecule has 2 heteroatoms. The molecule has 0 radical (unpaired) electrons. The normalized spacial score (nSPS) is 44.6. The monoisotopic (exact) mass is 180 g/mol. The summed E-state index contributed by atoms with van der Waals surface area (Å²) in [7, 11) is 0. The van der Waals surface area contributed by atoms with Crippen LogP contribution in [0.15, 0.2) is 12.2 Å². The summed E-state index contributed by atoms with van der Waals surface area (Å²) in [6.45, 7) is 2.11. The third-order valence-corrected chi connectivity index (χ3v) is 3.40. The molecule has 0 heterocycles. The summed E-state index contributed by atoms with van der Waals surface area (Å²) in [4.78, 5) is 11.7. The van der Waals surface area contributed by atoms with Crippen molar-refractivity contribution < 1.29 is 9.90 Å². The minimum absolute atomic E-state index is 0.0769. The molecule has 0 aromatic heterocycles. The number of rotatable bonds is 0. The zero-order valence-corrected chi connectivity index (χ0v) is 7.94. The van der Waals surface area contributed by atoms with Crippen molar-refractivity contribution in [1.29, 1.82) is 0 Å². The van der Waals surface area contributed by atoms with Gasteiger partial charge in [0.2, 0.25) is 0 Å². The largest absolute Gasteiger partial charge is 0.385 e. The lowest BCUT2D eigenvalue weighted by Crippen LogP contribution is -2.42. The molecule has 1 fully saturated rings. The van der Waals surface area contributed by atoms with Crippen molar-refractivity contribution >= 4 is 5.78 Å². The molecule has 2 nitrogen and oxygen atoms in total. The Morgan fingerprint density at radius 2 is 2.23 bits per heavy atom. The van der Waals surface area contributed by atoms with Crippen LogP contribution in [0.1, 0.15) is 26.2 Å². The zero-order valence-electron chi connectivity index (χ0n) is 7.94. The lowest BCUT2D eigenvalue weighted by molar-refractivity contribution is -0.138. The van der Waals surface area contributed by atoms with E-state index in [9.17, 15) is 9.90 Å². The molecular formula is C11H16O2. The minimum Gasteiger partial charge on any atom is -0.385 e. The Morgan fingerprint density at radius 1 is 1.46 bits per heavy atom. The molecule has 0 saturated heterocycles. The SMILES string of the molecule is C[C@H]1CC=C[C@@H]2CC[C@H](O)C(=O)[C@@H]21. The second kappa shape index (κ2) is 3.26. The predicted molar refractivity (Wildman–Crippen MR) is 50.1 cm³/mol. The molecule has 0 bridgehead atoms. The molecule has 4 atom stereocenters. The number of fused-ring (bicyclic) bond motifs is 1. The standard InChI is InChI=1S/C11H16O2/c1-7-3-2-4-8-5-6-9(12)11(13)10(7)8/h2,4,7-10,12H,3,5-6H2,1H3/t7-,8+,9-,10+/m0/s1. The van der Waals surface area contributed by atoms with Gasteiger partial charge >= 0.3 is 0 Å².